The van der Waals surface area contributed by atoms with E-state index in [0.717, 1.165) is 16.3 Å². The molecule has 0 bridgehead atoms. The Morgan fingerprint density at radius 2 is 1.78 bits per heavy atom. The number of aryl methyl sites for hydroxylation is 1. The number of ether oxygens (including phenoxy) is 1. The Bertz CT molecular complexity index is 955. The third-order valence-electron chi connectivity index (χ3n) is 4.32. The maximum absolute atomic E-state index is 12.6. The molecular formula is C21H20F2N2O2. The van der Waals surface area contributed by atoms with Crippen molar-refractivity contribution >= 4 is 22.5 Å². The molecule has 27 heavy (non-hydrogen) atoms. The van der Waals surface area contributed by atoms with Crippen molar-refractivity contribution in [2.24, 2.45) is 0 Å². The van der Waals surface area contributed by atoms with Crippen LogP contribution in [0.2, 0.25) is 0 Å². The van der Waals surface area contributed by atoms with E-state index in [4.69, 9.17) is 0 Å². The summed E-state index contributed by atoms with van der Waals surface area (Å²) in [4.78, 5) is 14.1. The summed E-state index contributed by atoms with van der Waals surface area (Å²) in [6.45, 7) is -0.862. The molecule has 0 spiro atoms. The van der Waals surface area contributed by atoms with Crippen LogP contribution in [-0.2, 0) is 6.54 Å². The van der Waals surface area contributed by atoms with E-state index in [1.54, 1.807) is 26.1 Å². The lowest BCUT2D eigenvalue weighted by molar-refractivity contribution is -0.0493. The minimum Gasteiger partial charge on any atom is -0.433 e. The predicted octanol–water partition coefficient (Wildman–Crippen LogP) is 5.41. The van der Waals surface area contributed by atoms with E-state index >= 15 is 0 Å². The van der Waals surface area contributed by atoms with Gasteiger partial charge in [-0.2, -0.15) is 8.78 Å². The van der Waals surface area contributed by atoms with Crippen LogP contribution in [0.1, 0.15) is 11.1 Å². The molecule has 0 unspecified atom stereocenters. The highest BCUT2D eigenvalue weighted by molar-refractivity contribution is 5.92. The fourth-order valence-corrected chi connectivity index (χ4v) is 2.96. The van der Waals surface area contributed by atoms with E-state index in [-0.39, 0.29) is 11.4 Å². The Labute approximate surface area is 156 Å². The summed E-state index contributed by atoms with van der Waals surface area (Å²) in [5.41, 5.74) is 1.88. The number of fused-ring (bicyclic) bond motifs is 1. The highest BCUT2D eigenvalue weighted by atomic mass is 19.3. The largest absolute Gasteiger partial charge is 0.433 e. The van der Waals surface area contributed by atoms with Gasteiger partial charge in [-0.05, 0) is 34.9 Å². The van der Waals surface area contributed by atoms with Gasteiger partial charge in [0.25, 0.3) is 0 Å². The van der Waals surface area contributed by atoms with Gasteiger partial charge in [0.1, 0.15) is 5.75 Å². The van der Waals surface area contributed by atoms with Crippen LogP contribution >= 0.6 is 0 Å². The molecule has 3 aromatic carbocycles. The smallest absolute Gasteiger partial charge is 0.387 e. The van der Waals surface area contributed by atoms with Gasteiger partial charge < -0.3 is 15.0 Å². The summed E-state index contributed by atoms with van der Waals surface area (Å²) in [5.74, 6) is -0.0584. The highest BCUT2D eigenvalue weighted by Gasteiger charge is 2.17. The van der Waals surface area contributed by atoms with Crippen LogP contribution in [0.15, 0.2) is 60.7 Å². The molecule has 2 amide bonds. The van der Waals surface area contributed by atoms with Gasteiger partial charge in [0.05, 0.1) is 5.69 Å². The molecule has 0 saturated heterocycles. The summed E-state index contributed by atoms with van der Waals surface area (Å²) in [5, 5.41) is 4.84. The molecule has 0 aliphatic rings. The first kappa shape index (κ1) is 18.6. The molecule has 6 heteroatoms. The number of carbonyl (C=O) groups is 1. The molecular weight excluding hydrogens is 350 g/mol. The average molecular weight is 370 g/mol. The molecule has 0 fully saturated rings. The first-order valence-corrected chi connectivity index (χ1v) is 8.49. The quantitative estimate of drug-likeness (QED) is 0.652. The number of carbonyl (C=O) groups excluding carboxylic acids is 1. The Balaban J connectivity index is 1.79. The summed E-state index contributed by atoms with van der Waals surface area (Å²) < 4.78 is 29.8. The zero-order chi connectivity index (χ0) is 19.4. The van der Waals surface area contributed by atoms with Crippen molar-refractivity contribution in [2.45, 2.75) is 20.1 Å². The van der Waals surface area contributed by atoms with Gasteiger partial charge in [-0.1, -0.05) is 54.6 Å². The van der Waals surface area contributed by atoms with E-state index < -0.39 is 12.6 Å². The number of nitrogens with zero attached hydrogens (tertiary/aromatic N) is 1. The van der Waals surface area contributed by atoms with Gasteiger partial charge in [-0.25, -0.2) is 4.79 Å². The van der Waals surface area contributed by atoms with Crippen molar-refractivity contribution in [1.82, 2.24) is 4.90 Å². The van der Waals surface area contributed by atoms with Crippen LogP contribution in [0.3, 0.4) is 0 Å². The number of anilines is 1. The number of alkyl halides is 2. The number of para-hydroxylation sites is 1. The molecule has 0 aliphatic carbocycles. The van der Waals surface area contributed by atoms with Crippen molar-refractivity contribution in [3.8, 4) is 5.75 Å². The Morgan fingerprint density at radius 3 is 2.56 bits per heavy atom. The molecule has 3 rings (SSSR count). The maximum Gasteiger partial charge on any atom is 0.387 e. The van der Waals surface area contributed by atoms with Gasteiger partial charge in [0.15, 0.2) is 0 Å². The number of hydrogen-bond acceptors (Lipinski definition) is 2. The minimum absolute atomic E-state index is 0.0584. The Kier molecular flexibility index (Phi) is 5.54. The standard InChI is InChI=1S/C21H20F2N2O2/c1-14-7-5-12-18(27-20(22)23)19(14)24-21(26)25(2)13-16-10-6-9-15-8-3-4-11-17(15)16/h3-12,20H,13H2,1-2H3,(H,24,26). The Morgan fingerprint density at radius 1 is 1.07 bits per heavy atom. The van der Waals surface area contributed by atoms with E-state index in [9.17, 15) is 13.6 Å². The number of nitrogens with one attached hydrogen (secondary N) is 1. The second-order valence-corrected chi connectivity index (χ2v) is 6.25. The number of rotatable bonds is 5. The molecule has 1 N–H and O–H groups in total. The second kappa shape index (κ2) is 8.03. The normalized spacial score (nSPS) is 10.9. The van der Waals surface area contributed by atoms with E-state index in [2.05, 4.69) is 10.1 Å². The number of halogens is 2. The summed E-state index contributed by atoms with van der Waals surface area (Å²) >= 11 is 0. The number of amides is 2. The fraction of sp³-hybridized carbons (Fsp3) is 0.190. The van der Waals surface area contributed by atoms with Gasteiger partial charge in [-0.15, -0.1) is 0 Å². The second-order valence-electron chi connectivity index (χ2n) is 6.25. The van der Waals surface area contributed by atoms with Crippen LogP contribution < -0.4 is 10.1 Å². The van der Waals surface area contributed by atoms with E-state index in [1.165, 1.54) is 11.0 Å². The van der Waals surface area contributed by atoms with Crippen LogP contribution in [0.5, 0.6) is 5.75 Å². The van der Waals surface area contributed by atoms with Crippen LogP contribution in [0.4, 0.5) is 19.3 Å². The predicted molar refractivity (Wildman–Crippen MR) is 102 cm³/mol. The van der Waals surface area contributed by atoms with Gasteiger partial charge in [0, 0.05) is 13.6 Å². The lowest BCUT2D eigenvalue weighted by Crippen LogP contribution is -2.31. The summed E-state index contributed by atoms with van der Waals surface area (Å²) in [6.07, 6.45) is 0. The van der Waals surface area contributed by atoms with E-state index in [1.807, 2.05) is 42.5 Å². The van der Waals surface area contributed by atoms with Crippen molar-refractivity contribution < 1.29 is 18.3 Å². The topological polar surface area (TPSA) is 41.6 Å². The molecule has 0 aliphatic heterocycles. The van der Waals surface area contributed by atoms with Crippen molar-refractivity contribution in [1.29, 1.82) is 0 Å². The molecule has 0 saturated carbocycles. The minimum atomic E-state index is -2.96. The van der Waals surface area contributed by atoms with Gasteiger partial charge in [-0.3, -0.25) is 0 Å². The summed E-state index contributed by atoms with van der Waals surface area (Å²) in [7, 11) is 1.66. The lowest BCUT2D eigenvalue weighted by atomic mass is 10.0. The molecule has 0 radical (unpaired) electrons. The van der Waals surface area contributed by atoms with Crippen LogP contribution in [0, 0.1) is 6.92 Å². The molecule has 0 heterocycles. The van der Waals surface area contributed by atoms with Crippen molar-refractivity contribution in [3.05, 3.63) is 71.8 Å². The SMILES string of the molecule is Cc1cccc(OC(F)F)c1NC(=O)N(C)Cc1cccc2ccccc12. The maximum atomic E-state index is 12.6. The molecule has 0 aromatic heterocycles. The molecule has 4 nitrogen and oxygen atoms in total. The first-order chi connectivity index (χ1) is 13.0. The summed E-state index contributed by atoms with van der Waals surface area (Å²) in [6, 6.07) is 18.2. The monoisotopic (exact) mass is 370 g/mol. The molecule has 3 aromatic rings. The van der Waals surface area contributed by atoms with Crippen molar-refractivity contribution in [2.75, 3.05) is 12.4 Å². The number of benzene rings is 3. The first-order valence-electron chi connectivity index (χ1n) is 8.49. The van der Waals surface area contributed by atoms with Crippen LogP contribution in [0.25, 0.3) is 10.8 Å². The zero-order valence-electron chi connectivity index (χ0n) is 15.1. The number of hydrogen-bond donors (Lipinski definition) is 1. The van der Waals surface area contributed by atoms with E-state index in [0.29, 0.717) is 12.1 Å². The fourth-order valence-electron chi connectivity index (χ4n) is 2.96. The molecule has 140 valence electrons. The third kappa shape index (κ3) is 4.34. The third-order valence-corrected chi connectivity index (χ3v) is 4.32. The average Bonchev–Trinajstić information content (AvgIpc) is 2.64. The van der Waals surface area contributed by atoms with Gasteiger partial charge in [0.2, 0.25) is 0 Å². The number of urea groups is 1. The van der Waals surface area contributed by atoms with Gasteiger partial charge >= 0.3 is 12.6 Å². The highest BCUT2D eigenvalue weighted by Crippen LogP contribution is 2.30. The molecule has 0 atom stereocenters. The Hall–Kier alpha value is -3.15. The van der Waals surface area contributed by atoms with Crippen LogP contribution in [-0.4, -0.2) is 24.6 Å². The van der Waals surface area contributed by atoms with Crippen molar-refractivity contribution in [3.63, 3.8) is 0 Å². The zero-order valence-corrected chi connectivity index (χ0v) is 15.1. The lowest BCUT2D eigenvalue weighted by Gasteiger charge is -2.21.